The van der Waals surface area contributed by atoms with Gasteiger partial charge in [-0.25, -0.2) is 4.39 Å². The van der Waals surface area contributed by atoms with Crippen molar-refractivity contribution in [3.8, 4) is 5.88 Å². The van der Waals surface area contributed by atoms with Gasteiger partial charge in [-0.3, -0.25) is 4.79 Å². The number of carbonyl (C=O) groups is 1. The first kappa shape index (κ1) is 19.9. The van der Waals surface area contributed by atoms with Crippen molar-refractivity contribution in [1.29, 1.82) is 0 Å². The Kier molecular flexibility index (Phi) is 5.87. The maximum absolute atomic E-state index is 13.3. The second kappa shape index (κ2) is 8.55. The van der Waals surface area contributed by atoms with Gasteiger partial charge in [-0.05, 0) is 30.7 Å². The number of pyridine rings is 1. The molecule has 1 atom stereocenters. The maximum Gasteiger partial charge on any atom is 0.242 e. The van der Waals surface area contributed by atoms with Gasteiger partial charge in [-0.15, -0.1) is 11.6 Å². The summed E-state index contributed by atoms with van der Waals surface area (Å²) in [4.78, 5) is 21.1. The highest BCUT2D eigenvalue weighted by atomic mass is 35.5. The van der Waals surface area contributed by atoms with E-state index in [-0.39, 0.29) is 23.6 Å². The number of amides is 1. The third-order valence-corrected chi connectivity index (χ3v) is 5.42. The van der Waals surface area contributed by atoms with Crippen LogP contribution in [0.1, 0.15) is 18.1 Å². The van der Waals surface area contributed by atoms with Gasteiger partial charge in [0.15, 0.2) is 0 Å². The number of anilines is 2. The summed E-state index contributed by atoms with van der Waals surface area (Å²) >= 11 is 5.84. The van der Waals surface area contributed by atoms with Crippen molar-refractivity contribution >= 4 is 29.0 Å². The van der Waals surface area contributed by atoms with E-state index in [0.717, 1.165) is 30.0 Å². The van der Waals surface area contributed by atoms with E-state index < -0.39 is 0 Å². The smallest absolute Gasteiger partial charge is 0.242 e. The molecule has 154 valence electrons. The molecule has 0 bridgehead atoms. The lowest BCUT2D eigenvalue weighted by atomic mass is 10.0. The molecule has 1 fully saturated rings. The molecule has 0 radical (unpaired) electrons. The quantitative estimate of drug-likeness (QED) is 0.713. The standard InChI is InChI=1S/C21H23ClFN3O3/c1-14-13-29-21-18(26(14)19(27)12-22)11-16(10-15-2-4-17(23)5-3-15)20(24-21)25-6-8-28-9-7-25/h2-5,11,14H,6-10,12-13H2,1H3. The molecule has 6 nitrogen and oxygen atoms in total. The molecule has 1 aromatic carbocycles. The number of fused-ring (bicyclic) bond motifs is 1. The van der Waals surface area contributed by atoms with Crippen molar-refractivity contribution in [2.24, 2.45) is 0 Å². The summed E-state index contributed by atoms with van der Waals surface area (Å²) in [5.74, 6) is 0.682. The summed E-state index contributed by atoms with van der Waals surface area (Å²) in [6, 6.07) is 8.24. The Labute approximate surface area is 174 Å². The Bertz CT molecular complexity index is 887. The van der Waals surface area contributed by atoms with Gasteiger partial charge in [-0.2, -0.15) is 4.98 Å². The molecule has 1 saturated heterocycles. The van der Waals surface area contributed by atoms with Gasteiger partial charge in [0, 0.05) is 25.1 Å². The third kappa shape index (κ3) is 4.16. The first-order valence-corrected chi connectivity index (χ1v) is 10.2. The van der Waals surface area contributed by atoms with Crippen LogP contribution in [0, 0.1) is 5.82 Å². The molecular formula is C21H23ClFN3O3. The van der Waals surface area contributed by atoms with Crippen LogP contribution in [0.15, 0.2) is 30.3 Å². The van der Waals surface area contributed by atoms with E-state index in [1.54, 1.807) is 17.0 Å². The predicted molar refractivity (Wildman–Crippen MR) is 110 cm³/mol. The Morgan fingerprint density at radius 2 is 2.00 bits per heavy atom. The molecule has 1 aromatic heterocycles. The molecule has 2 aliphatic heterocycles. The van der Waals surface area contributed by atoms with Crippen LogP contribution < -0.4 is 14.5 Å². The number of nitrogens with zero attached hydrogens (tertiary/aromatic N) is 3. The number of ether oxygens (including phenoxy) is 2. The van der Waals surface area contributed by atoms with Crippen LogP contribution >= 0.6 is 11.6 Å². The van der Waals surface area contributed by atoms with Crippen LogP contribution in [0.4, 0.5) is 15.9 Å². The first-order valence-electron chi connectivity index (χ1n) is 9.68. The van der Waals surface area contributed by atoms with E-state index in [1.807, 2.05) is 13.0 Å². The molecule has 0 spiro atoms. The van der Waals surface area contributed by atoms with Gasteiger partial charge in [0.1, 0.15) is 29.8 Å². The van der Waals surface area contributed by atoms with E-state index in [2.05, 4.69) is 4.90 Å². The number of benzene rings is 1. The molecule has 3 heterocycles. The summed E-state index contributed by atoms with van der Waals surface area (Å²) < 4.78 is 24.7. The minimum Gasteiger partial charge on any atom is -0.474 e. The Balaban J connectivity index is 1.78. The van der Waals surface area contributed by atoms with Crippen LogP contribution in [-0.4, -0.2) is 55.7 Å². The average molecular weight is 420 g/mol. The zero-order valence-electron chi connectivity index (χ0n) is 16.2. The van der Waals surface area contributed by atoms with E-state index >= 15 is 0 Å². The van der Waals surface area contributed by atoms with Gasteiger partial charge >= 0.3 is 0 Å². The third-order valence-electron chi connectivity index (χ3n) is 5.19. The van der Waals surface area contributed by atoms with Gasteiger partial charge in [0.2, 0.25) is 11.8 Å². The topological polar surface area (TPSA) is 54.9 Å². The zero-order chi connectivity index (χ0) is 20.4. The van der Waals surface area contributed by atoms with Gasteiger partial charge in [0.25, 0.3) is 0 Å². The SMILES string of the molecule is CC1COc2nc(N3CCOCC3)c(Cc3ccc(F)cc3)cc2N1C(=O)CCl. The minimum absolute atomic E-state index is 0.109. The van der Waals surface area contributed by atoms with Gasteiger partial charge < -0.3 is 19.3 Å². The molecule has 2 aliphatic rings. The van der Waals surface area contributed by atoms with E-state index in [0.29, 0.717) is 37.8 Å². The van der Waals surface area contributed by atoms with Crippen LogP contribution in [-0.2, 0) is 16.0 Å². The number of morpholine rings is 1. The minimum atomic E-state index is -0.271. The lowest BCUT2D eigenvalue weighted by molar-refractivity contribution is -0.117. The lowest BCUT2D eigenvalue weighted by Gasteiger charge is -2.36. The molecule has 8 heteroatoms. The average Bonchev–Trinajstić information content (AvgIpc) is 2.75. The fourth-order valence-corrected chi connectivity index (χ4v) is 3.88. The summed E-state index contributed by atoms with van der Waals surface area (Å²) in [5, 5.41) is 0. The number of hydrogen-bond acceptors (Lipinski definition) is 5. The number of aromatic nitrogens is 1. The van der Waals surface area contributed by atoms with E-state index in [9.17, 15) is 9.18 Å². The van der Waals surface area contributed by atoms with Gasteiger partial charge in [0.05, 0.1) is 19.3 Å². The molecule has 4 rings (SSSR count). The maximum atomic E-state index is 13.3. The van der Waals surface area contributed by atoms with E-state index in [1.165, 1.54) is 12.1 Å². The molecule has 1 amide bonds. The van der Waals surface area contributed by atoms with Crippen molar-refractivity contribution < 1.29 is 18.7 Å². The summed E-state index contributed by atoms with van der Waals surface area (Å²) in [7, 11) is 0. The zero-order valence-corrected chi connectivity index (χ0v) is 17.0. The highest BCUT2D eigenvalue weighted by Crippen LogP contribution is 2.38. The molecular weight excluding hydrogens is 397 g/mol. The van der Waals surface area contributed by atoms with Crippen molar-refractivity contribution in [3.63, 3.8) is 0 Å². The lowest BCUT2D eigenvalue weighted by Crippen LogP contribution is -2.46. The number of rotatable bonds is 4. The normalized spacial score (nSPS) is 18.9. The Morgan fingerprint density at radius 1 is 1.28 bits per heavy atom. The molecule has 0 aliphatic carbocycles. The van der Waals surface area contributed by atoms with Crippen LogP contribution in [0.25, 0.3) is 0 Å². The fraction of sp³-hybridized carbons (Fsp3) is 0.429. The highest BCUT2D eigenvalue weighted by Gasteiger charge is 2.32. The fourth-order valence-electron chi connectivity index (χ4n) is 3.75. The number of carbonyl (C=O) groups excluding carboxylic acids is 1. The summed E-state index contributed by atoms with van der Waals surface area (Å²) in [6.07, 6.45) is 0.560. The summed E-state index contributed by atoms with van der Waals surface area (Å²) in [5.41, 5.74) is 2.54. The van der Waals surface area contributed by atoms with Crippen molar-refractivity contribution in [2.75, 3.05) is 48.6 Å². The monoisotopic (exact) mass is 419 g/mol. The molecule has 1 unspecified atom stereocenters. The van der Waals surface area contributed by atoms with Gasteiger partial charge in [-0.1, -0.05) is 12.1 Å². The van der Waals surface area contributed by atoms with Crippen LogP contribution in [0.5, 0.6) is 5.88 Å². The van der Waals surface area contributed by atoms with Crippen molar-refractivity contribution in [2.45, 2.75) is 19.4 Å². The predicted octanol–water partition coefficient (Wildman–Crippen LogP) is 3.00. The number of alkyl halides is 1. The number of hydrogen-bond donors (Lipinski definition) is 0. The van der Waals surface area contributed by atoms with Crippen LogP contribution in [0.3, 0.4) is 0 Å². The Morgan fingerprint density at radius 3 is 2.69 bits per heavy atom. The molecule has 0 N–H and O–H groups in total. The van der Waals surface area contributed by atoms with Crippen molar-refractivity contribution in [1.82, 2.24) is 4.98 Å². The second-order valence-corrected chi connectivity index (χ2v) is 7.52. The second-order valence-electron chi connectivity index (χ2n) is 7.26. The number of halogens is 2. The Hall–Kier alpha value is -2.38. The molecule has 29 heavy (non-hydrogen) atoms. The van der Waals surface area contributed by atoms with Crippen LogP contribution in [0.2, 0.25) is 0 Å². The van der Waals surface area contributed by atoms with Crippen molar-refractivity contribution in [3.05, 3.63) is 47.3 Å². The first-order chi connectivity index (χ1) is 14.1. The molecule has 2 aromatic rings. The molecule has 0 saturated carbocycles. The van der Waals surface area contributed by atoms with E-state index in [4.69, 9.17) is 26.1 Å². The largest absolute Gasteiger partial charge is 0.474 e. The summed E-state index contributed by atoms with van der Waals surface area (Å²) in [6.45, 7) is 4.99. The highest BCUT2D eigenvalue weighted by molar-refractivity contribution is 6.29.